The molecule has 0 fully saturated rings. The maximum absolute atomic E-state index is 11.3. The third kappa shape index (κ3) is 1.85. The third-order valence-corrected chi connectivity index (χ3v) is 3.84. The monoisotopic (exact) mass is 263 g/mol. The highest BCUT2D eigenvalue weighted by Crippen LogP contribution is 2.30. The van der Waals surface area contributed by atoms with Crippen molar-refractivity contribution in [3.8, 4) is 0 Å². The number of aryl methyl sites for hydroxylation is 1. The molecule has 1 aromatic heterocycles. The van der Waals surface area contributed by atoms with Gasteiger partial charge in [0.25, 0.3) is 9.05 Å². The molecule has 2 rings (SSSR count). The van der Waals surface area contributed by atoms with Crippen LogP contribution in [0.1, 0.15) is 5.69 Å². The van der Waals surface area contributed by atoms with E-state index in [1.165, 1.54) is 0 Å². The van der Waals surface area contributed by atoms with Gasteiger partial charge < -0.3 is 4.98 Å². The first-order chi connectivity index (χ1) is 6.89. The topological polar surface area (TPSA) is 49.9 Å². The molecule has 0 saturated heterocycles. The number of fused-ring (bicyclic) bond motifs is 1. The number of hydrogen-bond acceptors (Lipinski definition) is 2. The number of rotatable bonds is 1. The number of H-pyrrole nitrogens is 1. The van der Waals surface area contributed by atoms with Gasteiger partial charge in [-0.3, -0.25) is 0 Å². The van der Waals surface area contributed by atoms with Crippen molar-refractivity contribution in [1.29, 1.82) is 0 Å². The van der Waals surface area contributed by atoms with Crippen LogP contribution < -0.4 is 0 Å². The molecule has 0 aliphatic rings. The van der Waals surface area contributed by atoms with E-state index in [1.54, 1.807) is 25.1 Å². The van der Waals surface area contributed by atoms with Gasteiger partial charge in [0.05, 0.1) is 0 Å². The first-order valence-corrected chi connectivity index (χ1v) is 6.81. The minimum Gasteiger partial charge on any atom is -0.357 e. The predicted octanol–water partition coefficient (Wildman–Crippen LogP) is 3.06. The van der Waals surface area contributed by atoms with Gasteiger partial charge in [-0.25, -0.2) is 8.42 Å². The standard InChI is InChI=1S/C9H7Cl2NO2S/c1-5-9(15(11,13)14)7-3-2-6(10)4-8(7)12-5/h2-4,12H,1H3. The van der Waals surface area contributed by atoms with Crippen LogP contribution in [-0.4, -0.2) is 13.4 Å². The second-order valence-electron chi connectivity index (χ2n) is 3.21. The Hall–Kier alpha value is -0.710. The smallest absolute Gasteiger partial charge is 0.263 e. The summed E-state index contributed by atoms with van der Waals surface area (Å²) in [4.78, 5) is 3.05. The number of hydrogen-bond donors (Lipinski definition) is 1. The van der Waals surface area contributed by atoms with E-state index in [0.717, 1.165) is 0 Å². The lowest BCUT2D eigenvalue weighted by atomic mass is 10.2. The van der Waals surface area contributed by atoms with Crippen LogP contribution >= 0.6 is 22.3 Å². The second kappa shape index (κ2) is 3.40. The maximum atomic E-state index is 11.3. The lowest BCUT2D eigenvalue weighted by Crippen LogP contribution is -1.91. The quantitative estimate of drug-likeness (QED) is 0.805. The molecular weight excluding hydrogens is 257 g/mol. The number of benzene rings is 1. The molecule has 0 atom stereocenters. The Morgan fingerprint density at radius 2 is 2.00 bits per heavy atom. The van der Waals surface area contributed by atoms with Crippen molar-refractivity contribution in [1.82, 2.24) is 4.98 Å². The molecule has 0 aliphatic heterocycles. The van der Waals surface area contributed by atoms with Crippen LogP contribution in [0.5, 0.6) is 0 Å². The van der Waals surface area contributed by atoms with Crippen molar-refractivity contribution in [2.45, 2.75) is 11.8 Å². The van der Waals surface area contributed by atoms with Crippen molar-refractivity contribution < 1.29 is 8.42 Å². The fourth-order valence-corrected chi connectivity index (χ4v) is 3.22. The summed E-state index contributed by atoms with van der Waals surface area (Å²) >= 11 is 5.79. The largest absolute Gasteiger partial charge is 0.357 e. The van der Waals surface area contributed by atoms with Gasteiger partial charge in [0.15, 0.2) is 0 Å². The van der Waals surface area contributed by atoms with Gasteiger partial charge in [-0.15, -0.1) is 0 Å². The molecule has 1 N–H and O–H groups in total. The highest BCUT2D eigenvalue weighted by Gasteiger charge is 2.19. The molecule has 0 amide bonds. The van der Waals surface area contributed by atoms with Crippen LogP contribution in [0, 0.1) is 6.92 Å². The zero-order valence-electron chi connectivity index (χ0n) is 7.71. The lowest BCUT2D eigenvalue weighted by Gasteiger charge is -1.95. The van der Waals surface area contributed by atoms with E-state index in [4.69, 9.17) is 22.3 Å². The highest BCUT2D eigenvalue weighted by molar-refractivity contribution is 8.14. The molecular formula is C9H7Cl2NO2S. The van der Waals surface area contributed by atoms with Crippen molar-refractivity contribution >= 4 is 42.2 Å². The Bertz CT molecular complexity index is 631. The maximum Gasteiger partial charge on any atom is 0.263 e. The average Bonchev–Trinajstić information content (AvgIpc) is 2.38. The number of aromatic amines is 1. The van der Waals surface area contributed by atoms with Crippen LogP contribution in [-0.2, 0) is 9.05 Å². The van der Waals surface area contributed by atoms with Crippen LogP contribution in [0.3, 0.4) is 0 Å². The zero-order chi connectivity index (χ0) is 11.2. The Labute approximate surface area is 96.4 Å². The summed E-state index contributed by atoms with van der Waals surface area (Å²) in [6, 6.07) is 4.93. The van der Waals surface area contributed by atoms with Gasteiger partial charge in [-0.2, -0.15) is 0 Å². The summed E-state index contributed by atoms with van der Waals surface area (Å²) in [5, 5.41) is 1.11. The molecule has 0 unspecified atom stereocenters. The molecule has 1 aromatic carbocycles. The highest BCUT2D eigenvalue weighted by atomic mass is 35.7. The average molecular weight is 264 g/mol. The van der Waals surface area contributed by atoms with Crippen LogP contribution in [0.4, 0.5) is 0 Å². The van der Waals surface area contributed by atoms with Crippen LogP contribution in [0.15, 0.2) is 23.1 Å². The van der Waals surface area contributed by atoms with Crippen LogP contribution in [0.2, 0.25) is 5.02 Å². The van der Waals surface area contributed by atoms with Gasteiger partial charge >= 0.3 is 0 Å². The van der Waals surface area contributed by atoms with Gasteiger partial charge in [0.1, 0.15) is 4.90 Å². The molecule has 1 heterocycles. The van der Waals surface area contributed by atoms with E-state index in [2.05, 4.69) is 4.98 Å². The molecule has 80 valence electrons. The molecule has 0 saturated carbocycles. The van der Waals surface area contributed by atoms with E-state index in [-0.39, 0.29) is 4.90 Å². The fraction of sp³-hybridized carbons (Fsp3) is 0.111. The SMILES string of the molecule is Cc1[nH]c2cc(Cl)ccc2c1S(=O)(=O)Cl. The van der Waals surface area contributed by atoms with Crippen molar-refractivity contribution in [2.75, 3.05) is 0 Å². The molecule has 2 aromatic rings. The molecule has 15 heavy (non-hydrogen) atoms. The first kappa shape index (κ1) is 10.8. The minimum absolute atomic E-state index is 0.121. The summed E-state index contributed by atoms with van der Waals surface area (Å²) in [5.74, 6) is 0. The van der Waals surface area contributed by atoms with Gasteiger partial charge in [-0.1, -0.05) is 11.6 Å². The fourth-order valence-electron chi connectivity index (χ4n) is 1.59. The first-order valence-electron chi connectivity index (χ1n) is 4.12. The van der Waals surface area contributed by atoms with Crippen LogP contribution in [0.25, 0.3) is 10.9 Å². The van der Waals surface area contributed by atoms with Crippen molar-refractivity contribution in [3.63, 3.8) is 0 Å². The molecule has 6 heteroatoms. The third-order valence-electron chi connectivity index (χ3n) is 2.13. The second-order valence-corrected chi connectivity index (χ2v) is 6.15. The Kier molecular flexibility index (Phi) is 2.45. The minimum atomic E-state index is -3.73. The Morgan fingerprint density at radius 3 is 2.60 bits per heavy atom. The normalized spacial score (nSPS) is 12.2. The van der Waals surface area contributed by atoms with E-state index >= 15 is 0 Å². The Balaban J connectivity index is 2.92. The summed E-state index contributed by atoms with van der Waals surface area (Å²) < 4.78 is 22.7. The van der Waals surface area contributed by atoms with E-state index < -0.39 is 9.05 Å². The summed E-state index contributed by atoms with van der Waals surface area (Å²) in [7, 11) is 1.61. The molecule has 0 spiro atoms. The van der Waals surface area contributed by atoms with Gasteiger partial charge in [0.2, 0.25) is 0 Å². The molecule has 0 aliphatic carbocycles. The summed E-state index contributed by atoms with van der Waals surface area (Å²) in [6.07, 6.45) is 0. The van der Waals surface area contributed by atoms with E-state index in [9.17, 15) is 8.42 Å². The Morgan fingerprint density at radius 1 is 1.33 bits per heavy atom. The van der Waals surface area contributed by atoms with Crippen molar-refractivity contribution in [3.05, 3.63) is 28.9 Å². The zero-order valence-corrected chi connectivity index (χ0v) is 10.0. The van der Waals surface area contributed by atoms with Gasteiger partial charge in [-0.05, 0) is 25.1 Å². The summed E-state index contributed by atoms with van der Waals surface area (Å²) in [5.41, 5.74) is 1.18. The van der Waals surface area contributed by atoms with E-state index in [1.807, 2.05) is 0 Å². The summed E-state index contributed by atoms with van der Waals surface area (Å²) in [6.45, 7) is 1.66. The predicted molar refractivity (Wildman–Crippen MR) is 61.1 cm³/mol. The lowest BCUT2D eigenvalue weighted by molar-refractivity contribution is 0.610. The molecule has 0 bridgehead atoms. The number of halogens is 2. The molecule has 0 radical (unpaired) electrons. The van der Waals surface area contributed by atoms with E-state index in [0.29, 0.717) is 21.6 Å². The number of nitrogens with one attached hydrogen (secondary N) is 1. The van der Waals surface area contributed by atoms with Gasteiger partial charge in [0, 0.05) is 32.3 Å². The van der Waals surface area contributed by atoms with Crippen molar-refractivity contribution in [2.24, 2.45) is 0 Å². The molecule has 3 nitrogen and oxygen atoms in total. The number of aromatic nitrogens is 1.